The number of aromatic nitrogens is 3. The number of aryl methyl sites for hydroxylation is 3. The van der Waals surface area contributed by atoms with Crippen molar-refractivity contribution in [3.05, 3.63) is 94.4 Å². The molecule has 4 rings (SSSR count). The summed E-state index contributed by atoms with van der Waals surface area (Å²) in [4.78, 5) is 17.1. The van der Waals surface area contributed by atoms with Crippen LogP contribution in [0.15, 0.2) is 60.7 Å². The van der Waals surface area contributed by atoms with Gasteiger partial charge in [0, 0.05) is 30.4 Å². The minimum absolute atomic E-state index is 0.0103. The fraction of sp³-hybridized carbons (Fsp3) is 0.269. The Balaban J connectivity index is 1.31. The Morgan fingerprint density at radius 1 is 1.00 bits per heavy atom. The van der Waals surface area contributed by atoms with E-state index in [0.29, 0.717) is 26.0 Å². The maximum Gasteiger partial charge on any atom is 0.220 e. The van der Waals surface area contributed by atoms with Gasteiger partial charge in [-0.1, -0.05) is 42.5 Å². The number of benzene rings is 2. The van der Waals surface area contributed by atoms with Crippen molar-refractivity contribution in [2.75, 3.05) is 0 Å². The number of carbonyl (C=O) groups is 1. The Labute approximate surface area is 188 Å². The highest BCUT2D eigenvalue weighted by molar-refractivity contribution is 5.76. The topological polar surface area (TPSA) is 68.5 Å². The van der Waals surface area contributed by atoms with Crippen molar-refractivity contribution in [2.24, 2.45) is 0 Å². The molecule has 6 nitrogen and oxygen atoms in total. The van der Waals surface area contributed by atoms with Crippen LogP contribution >= 0.6 is 0 Å². The fourth-order valence-electron chi connectivity index (χ4n) is 3.82. The van der Waals surface area contributed by atoms with Gasteiger partial charge in [-0.25, -0.2) is 9.50 Å². The van der Waals surface area contributed by atoms with Crippen molar-refractivity contribution in [1.29, 1.82) is 0 Å². The van der Waals surface area contributed by atoms with Gasteiger partial charge in [-0.2, -0.15) is 5.10 Å². The summed E-state index contributed by atoms with van der Waals surface area (Å²) in [7, 11) is 0. The van der Waals surface area contributed by atoms with E-state index >= 15 is 0 Å². The third kappa shape index (κ3) is 5.14. The van der Waals surface area contributed by atoms with Gasteiger partial charge in [0.15, 0.2) is 5.65 Å². The molecule has 0 fully saturated rings. The highest BCUT2D eigenvalue weighted by Crippen LogP contribution is 2.18. The molecule has 164 valence electrons. The van der Waals surface area contributed by atoms with E-state index in [0.717, 1.165) is 45.2 Å². The number of nitrogens with one attached hydrogen (secondary N) is 1. The van der Waals surface area contributed by atoms with E-state index in [1.807, 2.05) is 86.0 Å². The van der Waals surface area contributed by atoms with Crippen LogP contribution in [-0.4, -0.2) is 20.5 Å². The second-order valence-corrected chi connectivity index (χ2v) is 8.02. The smallest absolute Gasteiger partial charge is 0.220 e. The molecule has 1 N–H and O–H groups in total. The lowest BCUT2D eigenvalue weighted by atomic mass is 10.1. The van der Waals surface area contributed by atoms with Crippen LogP contribution in [0.4, 0.5) is 0 Å². The molecule has 0 bridgehead atoms. The number of amides is 1. The lowest BCUT2D eigenvalue weighted by molar-refractivity contribution is -0.121. The zero-order chi connectivity index (χ0) is 22.5. The van der Waals surface area contributed by atoms with E-state index in [1.54, 1.807) is 0 Å². The lowest BCUT2D eigenvalue weighted by Gasteiger charge is -2.12. The van der Waals surface area contributed by atoms with Crippen molar-refractivity contribution < 1.29 is 9.53 Å². The predicted molar refractivity (Wildman–Crippen MR) is 125 cm³/mol. The van der Waals surface area contributed by atoms with Crippen LogP contribution in [-0.2, 0) is 24.4 Å². The van der Waals surface area contributed by atoms with Crippen LogP contribution in [0.3, 0.4) is 0 Å². The maximum atomic E-state index is 12.5. The molecule has 1 amide bonds. The first kappa shape index (κ1) is 21.6. The van der Waals surface area contributed by atoms with Crippen LogP contribution < -0.4 is 10.1 Å². The highest BCUT2D eigenvalue weighted by Gasteiger charge is 2.13. The van der Waals surface area contributed by atoms with Gasteiger partial charge in [0.2, 0.25) is 5.91 Å². The summed E-state index contributed by atoms with van der Waals surface area (Å²) in [6, 6.07) is 19.9. The first-order valence-electron chi connectivity index (χ1n) is 10.8. The Hall–Kier alpha value is -3.67. The third-order valence-corrected chi connectivity index (χ3v) is 5.52. The molecule has 0 spiro atoms. The van der Waals surface area contributed by atoms with Gasteiger partial charge in [0.05, 0.1) is 5.69 Å². The lowest BCUT2D eigenvalue weighted by Crippen LogP contribution is -2.23. The van der Waals surface area contributed by atoms with Crippen LogP contribution in [0.25, 0.3) is 5.65 Å². The largest absolute Gasteiger partial charge is 0.489 e. The van der Waals surface area contributed by atoms with Gasteiger partial charge in [-0.15, -0.1) is 0 Å². The normalized spacial score (nSPS) is 11.0. The summed E-state index contributed by atoms with van der Waals surface area (Å²) in [5.41, 5.74) is 6.97. The Kier molecular flexibility index (Phi) is 6.50. The molecular weight excluding hydrogens is 400 g/mol. The van der Waals surface area contributed by atoms with Crippen molar-refractivity contribution in [2.45, 2.75) is 46.8 Å². The fourth-order valence-corrected chi connectivity index (χ4v) is 3.82. The second kappa shape index (κ2) is 9.64. The van der Waals surface area contributed by atoms with Gasteiger partial charge in [-0.05, 0) is 56.0 Å². The first-order chi connectivity index (χ1) is 15.5. The molecular formula is C26H28N4O2. The molecule has 0 aliphatic rings. The molecule has 2 heterocycles. The van der Waals surface area contributed by atoms with Crippen LogP contribution in [0, 0.1) is 20.8 Å². The molecule has 0 radical (unpaired) electrons. The molecule has 2 aromatic heterocycles. The molecule has 0 saturated carbocycles. The van der Waals surface area contributed by atoms with Crippen molar-refractivity contribution in [1.82, 2.24) is 19.9 Å². The second-order valence-electron chi connectivity index (χ2n) is 8.02. The summed E-state index contributed by atoms with van der Waals surface area (Å²) in [5, 5.41) is 7.52. The SMILES string of the molecule is Cc1cc2nc(C)c(CCC(=O)NCc3cccc(OCc4ccccc4)c3)c(C)n2n1. The van der Waals surface area contributed by atoms with Crippen LogP contribution in [0.5, 0.6) is 5.75 Å². The summed E-state index contributed by atoms with van der Waals surface area (Å²) in [5.74, 6) is 0.803. The summed E-state index contributed by atoms with van der Waals surface area (Å²) in [6.45, 7) is 6.96. The molecule has 4 aromatic rings. The minimum atomic E-state index is 0.0103. The number of hydrogen-bond donors (Lipinski definition) is 1. The predicted octanol–water partition coefficient (Wildman–Crippen LogP) is 4.48. The maximum absolute atomic E-state index is 12.5. The summed E-state index contributed by atoms with van der Waals surface area (Å²) < 4.78 is 7.74. The van der Waals surface area contributed by atoms with E-state index < -0.39 is 0 Å². The molecule has 0 aliphatic heterocycles. The van der Waals surface area contributed by atoms with E-state index in [1.165, 1.54) is 0 Å². The van der Waals surface area contributed by atoms with Crippen molar-refractivity contribution in [3.63, 3.8) is 0 Å². The summed E-state index contributed by atoms with van der Waals surface area (Å²) >= 11 is 0. The zero-order valence-electron chi connectivity index (χ0n) is 18.8. The quantitative estimate of drug-likeness (QED) is 0.449. The van der Waals surface area contributed by atoms with Gasteiger partial charge >= 0.3 is 0 Å². The van der Waals surface area contributed by atoms with Crippen molar-refractivity contribution >= 4 is 11.6 Å². The Bertz CT molecular complexity index is 1230. The van der Waals surface area contributed by atoms with Crippen molar-refractivity contribution in [3.8, 4) is 5.75 Å². The third-order valence-electron chi connectivity index (χ3n) is 5.52. The van der Waals surface area contributed by atoms with Gasteiger partial charge in [-0.3, -0.25) is 4.79 Å². The molecule has 32 heavy (non-hydrogen) atoms. The number of fused-ring (bicyclic) bond motifs is 1. The number of nitrogens with zero attached hydrogens (tertiary/aromatic N) is 3. The number of ether oxygens (including phenoxy) is 1. The van der Waals surface area contributed by atoms with E-state index in [-0.39, 0.29) is 5.91 Å². The monoisotopic (exact) mass is 428 g/mol. The first-order valence-corrected chi connectivity index (χ1v) is 10.8. The standard InChI is InChI=1S/C26H28N4O2/c1-18-14-25-28-19(2)24(20(3)30(25)29-18)12-13-26(31)27-16-22-10-7-11-23(15-22)32-17-21-8-5-4-6-9-21/h4-11,14-15H,12-13,16-17H2,1-3H3,(H,27,31). The van der Waals surface area contributed by atoms with Gasteiger partial charge in [0.1, 0.15) is 12.4 Å². The molecule has 0 atom stereocenters. The van der Waals surface area contributed by atoms with Crippen LogP contribution in [0.1, 0.15) is 40.2 Å². The molecule has 2 aromatic carbocycles. The molecule has 6 heteroatoms. The van der Waals surface area contributed by atoms with Crippen LogP contribution in [0.2, 0.25) is 0 Å². The Morgan fingerprint density at radius 2 is 1.78 bits per heavy atom. The number of rotatable bonds is 8. The van der Waals surface area contributed by atoms with Gasteiger partial charge in [0.25, 0.3) is 0 Å². The van der Waals surface area contributed by atoms with E-state index in [2.05, 4.69) is 15.4 Å². The summed E-state index contributed by atoms with van der Waals surface area (Å²) in [6.07, 6.45) is 1.03. The molecule has 0 aliphatic carbocycles. The van der Waals surface area contributed by atoms with Gasteiger partial charge < -0.3 is 10.1 Å². The molecule has 0 saturated heterocycles. The Morgan fingerprint density at radius 3 is 2.59 bits per heavy atom. The average molecular weight is 429 g/mol. The zero-order valence-corrected chi connectivity index (χ0v) is 18.8. The number of carbonyl (C=O) groups excluding carboxylic acids is 1. The average Bonchev–Trinajstić information content (AvgIpc) is 3.17. The van der Waals surface area contributed by atoms with E-state index in [9.17, 15) is 4.79 Å². The number of hydrogen-bond acceptors (Lipinski definition) is 4. The van der Waals surface area contributed by atoms with E-state index in [4.69, 9.17) is 4.74 Å². The molecule has 0 unspecified atom stereocenters. The highest BCUT2D eigenvalue weighted by atomic mass is 16.5. The minimum Gasteiger partial charge on any atom is -0.489 e.